The summed E-state index contributed by atoms with van der Waals surface area (Å²) in [6, 6.07) is 16.9. The first kappa shape index (κ1) is 17.5. The summed E-state index contributed by atoms with van der Waals surface area (Å²) in [6.07, 6.45) is 1.38. The number of aromatic nitrogens is 1. The van der Waals surface area contributed by atoms with Crippen molar-refractivity contribution >= 4 is 23.2 Å². The third-order valence-electron chi connectivity index (χ3n) is 4.79. The Balaban J connectivity index is 1.68. The van der Waals surface area contributed by atoms with Crippen LogP contribution in [0, 0.1) is 0 Å². The summed E-state index contributed by atoms with van der Waals surface area (Å²) in [5.74, 6) is -0.502. The lowest BCUT2D eigenvalue weighted by molar-refractivity contribution is 0.102. The molecule has 0 saturated carbocycles. The molecule has 2 aromatic carbocycles. The molecule has 2 atom stereocenters. The van der Waals surface area contributed by atoms with Gasteiger partial charge in [-0.15, -0.1) is 0 Å². The summed E-state index contributed by atoms with van der Waals surface area (Å²) in [5.41, 5.74) is 2.04. The molecule has 0 aliphatic heterocycles. The normalized spacial score (nSPS) is 18.1. The number of nitrogens with one attached hydrogen (secondary N) is 1. The Morgan fingerprint density at radius 3 is 2.59 bits per heavy atom. The van der Waals surface area contributed by atoms with Crippen LogP contribution in [0.3, 0.4) is 0 Å². The van der Waals surface area contributed by atoms with E-state index in [0.29, 0.717) is 17.1 Å². The lowest BCUT2D eigenvalue weighted by Gasteiger charge is -2.20. The van der Waals surface area contributed by atoms with Gasteiger partial charge >= 0.3 is 0 Å². The second-order valence-corrected chi connectivity index (χ2v) is 6.95. The Labute approximate surface area is 160 Å². The van der Waals surface area contributed by atoms with Crippen molar-refractivity contribution < 1.29 is 9.90 Å². The molecule has 0 spiro atoms. The van der Waals surface area contributed by atoms with Crippen molar-refractivity contribution in [1.29, 1.82) is 0 Å². The van der Waals surface area contributed by atoms with E-state index in [9.17, 15) is 14.7 Å². The molecule has 1 amide bonds. The first-order valence-electron chi connectivity index (χ1n) is 8.58. The number of pyridine rings is 1. The van der Waals surface area contributed by atoms with E-state index in [1.54, 1.807) is 36.5 Å². The van der Waals surface area contributed by atoms with Crippen LogP contribution in [0.2, 0.25) is 5.02 Å². The van der Waals surface area contributed by atoms with Crippen LogP contribution in [0.5, 0.6) is 0 Å². The minimum Gasteiger partial charge on any atom is -0.390 e. The first-order chi connectivity index (χ1) is 13.0. The Kier molecular flexibility index (Phi) is 4.56. The fraction of sp³-hybridized carbons (Fsp3) is 0.143. The van der Waals surface area contributed by atoms with E-state index in [1.165, 1.54) is 10.6 Å². The van der Waals surface area contributed by atoms with E-state index in [2.05, 4.69) is 5.32 Å². The summed E-state index contributed by atoms with van der Waals surface area (Å²) in [4.78, 5) is 25.6. The van der Waals surface area contributed by atoms with Crippen LogP contribution < -0.4 is 10.9 Å². The molecule has 136 valence electrons. The van der Waals surface area contributed by atoms with Gasteiger partial charge < -0.3 is 15.0 Å². The molecule has 0 bridgehead atoms. The number of hydrogen-bond donors (Lipinski definition) is 2. The number of fused-ring (bicyclic) bond motifs is 1. The van der Waals surface area contributed by atoms with Gasteiger partial charge in [0.05, 0.1) is 12.1 Å². The average molecular weight is 381 g/mol. The Morgan fingerprint density at radius 1 is 1.07 bits per heavy atom. The minimum atomic E-state index is -0.713. The van der Waals surface area contributed by atoms with Crippen molar-refractivity contribution in [1.82, 2.24) is 4.57 Å². The van der Waals surface area contributed by atoms with Gasteiger partial charge in [0.1, 0.15) is 5.56 Å². The van der Waals surface area contributed by atoms with Crippen molar-refractivity contribution in [2.75, 3.05) is 5.32 Å². The van der Waals surface area contributed by atoms with Crippen molar-refractivity contribution in [3.63, 3.8) is 0 Å². The van der Waals surface area contributed by atoms with Crippen molar-refractivity contribution in [2.24, 2.45) is 0 Å². The fourth-order valence-electron chi connectivity index (χ4n) is 3.52. The number of hydrogen-bond acceptors (Lipinski definition) is 3. The number of carbonyl (C=O) groups excluding carboxylic acids is 1. The van der Waals surface area contributed by atoms with Crippen LogP contribution in [0.1, 0.15) is 27.5 Å². The van der Waals surface area contributed by atoms with Gasteiger partial charge in [0, 0.05) is 23.3 Å². The molecule has 6 heteroatoms. The molecule has 5 nitrogen and oxygen atoms in total. The fourth-order valence-corrected chi connectivity index (χ4v) is 3.65. The summed E-state index contributed by atoms with van der Waals surface area (Å²) in [7, 11) is 0. The van der Waals surface area contributed by atoms with Crippen LogP contribution >= 0.6 is 11.6 Å². The Bertz CT molecular complexity index is 1060. The number of aliphatic hydroxyl groups excluding tert-OH is 1. The highest BCUT2D eigenvalue weighted by molar-refractivity contribution is 6.30. The van der Waals surface area contributed by atoms with Gasteiger partial charge in [-0.1, -0.05) is 35.9 Å². The smallest absolute Gasteiger partial charge is 0.264 e. The van der Waals surface area contributed by atoms with Crippen molar-refractivity contribution in [3.8, 4) is 0 Å². The first-order valence-corrected chi connectivity index (χ1v) is 8.96. The summed E-state index contributed by atoms with van der Waals surface area (Å²) >= 11 is 5.85. The molecular formula is C21H17ClN2O3. The summed E-state index contributed by atoms with van der Waals surface area (Å²) in [6.45, 7) is 0. The lowest BCUT2D eigenvalue weighted by atomic mass is 10.1. The molecule has 0 unspecified atom stereocenters. The number of amides is 1. The molecule has 4 rings (SSSR count). The Hall–Kier alpha value is -2.89. The molecule has 0 saturated heterocycles. The molecule has 0 radical (unpaired) electrons. The highest BCUT2D eigenvalue weighted by Crippen LogP contribution is 2.33. The van der Waals surface area contributed by atoms with Crippen LogP contribution in [0.25, 0.3) is 0 Å². The lowest BCUT2D eigenvalue weighted by Crippen LogP contribution is -2.34. The number of anilines is 1. The van der Waals surface area contributed by atoms with E-state index in [1.807, 2.05) is 24.3 Å². The predicted octanol–water partition coefficient (Wildman–Crippen LogP) is 3.26. The number of halogens is 1. The van der Waals surface area contributed by atoms with E-state index in [-0.39, 0.29) is 5.56 Å². The van der Waals surface area contributed by atoms with Crippen LogP contribution in [-0.2, 0) is 6.42 Å². The molecule has 2 N–H and O–H groups in total. The number of rotatable bonds is 3. The standard InChI is InChI=1S/C21H17ClN2O3/c22-14-7-9-15(10-8-14)23-20(26)17-6-3-11-24(21(17)27)19-16-5-2-1-4-13(16)12-18(19)25/h1-11,18-19,25H,12H2,(H,23,26)/t18-,19+/m0/s1. The molecule has 1 heterocycles. The van der Waals surface area contributed by atoms with Crippen LogP contribution in [0.15, 0.2) is 71.7 Å². The SMILES string of the molecule is O=C(Nc1ccc(Cl)cc1)c1cccn([C@@H]2c3ccccc3C[C@@H]2O)c1=O. The van der Waals surface area contributed by atoms with E-state index in [4.69, 9.17) is 11.6 Å². The molecule has 3 aromatic rings. The van der Waals surface area contributed by atoms with E-state index < -0.39 is 23.6 Å². The second kappa shape index (κ2) is 7.02. The zero-order valence-electron chi connectivity index (χ0n) is 14.3. The van der Waals surface area contributed by atoms with Gasteiger partial charge in [-0.3, -0.25) is 9.59 Å². The maximum absolute atomic E-state index is 13.0. The maximum Gasteiger partial charge on any atom is 0.264 e. The number of aliphatic hydroxyl groups is 1. The topological polar surface area (TPSA) is 71.3 Å². The van der Waals surface area contributed by atoms with E-state index in [0.717, 1.165) is 11.1 Å². The van der Waals surface area contributed by atoms with Gasteiger partial charge in [0.15, 0.2) is 0 Å². The quantitative estimate of drug-likeness (QED) is 0.732. The summed E-state index contributed by atoms with van der Waals surface area (Å²) < 4.78 is 1.44. The number of nitrogens with zero attached hydrogens (tertiary/aromatic N) is 1. The van der Waals surface area contributed by atoms with Crippen LogP contribution in [0.4, 0.5) is 5.69 Å². The molecule has 27 heavy (non-hydrogen) atoms. The highest BCUT2D eigenvalue weighted by atomic mass is 35.5. The monoisotopic (exact) mass is 380 g/mol. The number of benzene rings is 2. The molecular weight excluding hydrogens is 364 g/mol. The molecule has 1 aliphatic carbocycles. The van der Waals surface area contributed by atoms with Gasteiger partial charge in [0.25, 0.3) is 11.5 Å². The maximum atomic E-state index is 13.0. The number of carbonyl (C=O) groups is 1. The van der Waals surface area contributed by atoms with Gasteiger partial charge in [-0.05, 0) is 47.5 Å². The zero-order chi connectivity index (χ0) is 19.0. The minimum absolute atomic E-state index is 0.0176. The third-order valence-corrected chi connectivity index (χ3v) is 5.04. The molecule has 1 aliphatic rings. The Morgan fingerprint density at radius 2 is 1.81 bits per heavy atom. The molecule has 0 fully saturated rings. The molecule has 1 aromatic heterocycles. The van der Waals surface area contributed by atoms with Gasteiger partial charge in [-0.25, -0.2) is 0 Å². The average Bonchev–Trinajstić information content (AvgIpc) is 2.99. The van der Waals surface area contributed by atoms with Gasteiger partial charge in [-0.2, -0.15) is 0 Å². The van der Waals surface area contributed by atoms with Crippen molar-refractivity contribution in [2.45, 2.75) is 18.6 Å². The van der Waals surface area contributed by atoms with Crippen LogP contribution in [-0.4, -0.2) is 21.7 Å². The second-order valence-electron chi connectivity index (χ2n) is 6.51. The highest BCUT2D eigenvalue weighted by Gasteiger charge is 2.33. The van der Waals surface area contributed by atoms with Crippen molar-refractivity contribution in [3.05, 3.63) is 98.9 Å². The largest absolute Gasteiger partial charge is 0.390 e. The predicted molar refractivity (Wildman–Crippen MR) is 104 cm³/mol. The summed E-state index contributed by atoms with van der Waals surface area (Å²) in [5, 5.41) is 13.8. The van der Waals surface area contributed by atoms with Gasteiger partial charge in [0.2, 0.25) is 0 Å². The zero-order valence-corrected chi connectivity index (χ0v) is 15.1. The third kappa shape index (κ3) is 3.27. The van der Waals surface area contributed by atoms with E-state index >= 15 is 0 Å².